The van der Waals surface area contributed by atoms with E-state index in [4.69, 9.17) is 0 Å². The van der Waals surface area contributed by atoms with Crippen LogP contribution in [0, 0.1) is 0 Å². The standard InChI is InChI=1S/C19H36O/c1-2-3-4-5-6-7-8-9-10-11-12-13-14-15-16-17-18-19-20/h15-16,19H,2-14,17-18H2,1H3/b16-15+. The van der Waals surface area contributed by atoms with Crippen LogP contribution in [0.4, 0.5) is 0 Å². The van der Waals surface area contributed by atoms with E-state index in [2.05, 4.69) is 19.1 Å². The molecule has 0 aliphatic rings. The Bertz CT molecular complexity index is 208. The van der Waals surface area contributed by atoms with Gasteiger partial charge in [0.15, 0.2) is 0 Å². The van der Waals surface area contributed by atoms with Crippen LogP contribution in [0.25, 0.3) is 0 Å². The zero-order valence-corrected chi connectivity index (χ0v) is 13.7. The number of unbranched alkanes of at least 4 members (excludes halogenated alkanes) is 13. The summed E-state index contributed by atoms with van der Waals surface area (Å²) < 4.78 is 0. The van der Waals surface area contributed by atoms with Crippen molar-refractivity contribution in [2.45, 2.75) is 103 Å². The topological polar surface area (TPSA) is 17.1 Å². The average Bonchev–Trinajstić information content (AvgIpc) is 2.47. The minimum Gasteiger partial charge on any atom is -0.303 e. The summed E-state index contributed by atoms with van der Waals surface area (Å²) in [5.74, 6) is 0. The third-order valence-electron chi connectivity index (χ3n) is 3.84. The van der Waals surface area contributed by atoms with E-state index in [1.807, 2.05) is 0 Å². The number of carbonyl (C=O) groups is 1. The third kappa shape index (κ3) is 17.4. The molecule has 0 saturated carbocycles. The molecule has 0 unspecified atom stereocenters. The zero-order valence-electron chi connectivity index (χ0n) is 13.7. The Kier molecular flexibility index (Phi) is 17.9. The molecule has 0 atom stereocenters. The fourth-order valence-electron chi connectivity index (χ4n) is 2.50. The Labute approximate surface area is 127 Å². The van der Waals surface area contributed by atoms with E-state index >= 15 is 0 Å². The molecule has 0 fully saturated rings. The highest BCUT2D eigenvalue weighted by atomic mass is 16.1. The van der Waals surface area contributed by atoms with Crippen LogP contribution in [-0.4, -0.2) is 6.29 Å². The highest BCUT2D eigenvalue weighted by Gasteiger charge is 1.92. The van der Waals surface area contributed by atoms with E-state index < -0.39 is 0 Å². The summed E-state index contributed by atoms with van der Waals surface area (Å²) >= 11 is 0. The van der Waals surface area contributed by atoms with Crippen molar-refractivity contribution >= 4 is 6.29 Å². The van der Waals surface area contributed by atoms with Crippen molar-refractivity contribution in [3.05, 3.63) is 12.2 Å². The van der Waals surface area contributed by atoms with Crippen molar-refractivity contribution < 1.29 is 4.79 Å². The highest BCUT2D eigenvalue weighted by molar-refractivity contribution is 5.49. The van der Waals surface area contributed by atoms with E-state index in [1.54, 1.807) is 0 Å². The third-order valence-corrected chi connectivity index (χ3v) is 3.84. The number of hydrogen-bond acceptors (Lipinski definition) is 1. The van der Waals surface area contributed by atoms with Crippen molar-refractivity contribution in [3.63, 3.8) is 0 Å². The van der Waals surface area contributed by atoms with Gasteiger partial charge in [0.25, 0.3) is 0 Å². The molecule has 118 valence electrons. The predicted molar refractivity (Wildman–Crippen MR) is 90.1 cm³/mol. The lowest BCUT2D eigenvalue weighted by atomic mass is 10.0. The van der Waals surface area contributed by atoms with Crippen LogP contribution in [0.3, 0.4) is 0 Å². The monoisotopic (exact) mass is 280 g/mol. The molecular formula is C19H36O. The van der Waals surface area contributed by atoms with Gasteiger partial charge in [0.2, 0.25) is 0 Å². The second kappa shape index (κ2) is 18.4. The molecule has 0 rings (SSSR count). The Morgan fingerprint density at radius 2 is 1.00 bits per heavy atom. The van der Waals surface area contributed by atoms with E-state index in [1.165, 1.54) is 83.5 Å². The van der Waals surface area contributed by atoms with Crippen molar-refractivity contribution in [2.24, 2.45) is 0 Å². The zero-order chi connectivity index (χ0) is 14.7. The van der Waals surface area contributed by atoms with E-state index in [9.17, 15) is 4.79 Å². The Morgan fingerprint density at radius 3 is 1.50 bits per heavy atom. The smallest absolute Gasteiger partial charge is 0.120 e. The summed E-state index contributed by atoms with van der Waals surface area (Å²) in [4.78, 5) is 10.1. The number of allylic oxidation sites excluding steroid dienone is 2. The summed E-state index contributed by atoms with van der Waals surface area (Å²) in [6, 6.07) is 0. The van der Waals surface area contributed by atoms with Crippen LogP contribution in [0.1, 0.15) is 103 Å². The largest absolute Gasteiger partial charge is 0.303 e. The first-order valence-corrected chi connectivity index (χ1v) is 9.00. The first-order valence-electron chi connectivity index (χ1n) is 9.00. The molecule has 0 radical (unpaired) electrons. The maximum absolute atomic E-state index is 10.1. The molecule has 1 nitrogen and oxygen atoms in total. The molecule has 0 aromatic carbocycles. The molecule has 0 saturated heterocycles. The summed E-state index contributed by atoms with van der Waals surface area (Å²) in [6.45, 7) is 2.28. The van der Waals surface area contributed by atoms with Gasteiger partial charge in [0.1, 0.15) is 6.29 Å². The minimum atomic E-state index is 0.676. The maximum Gasteiger partial charge on any atom is 0.120 e. The molecule has 0 bridgehead atoms. The van der Waals surface area contributed by atoms with Gasteiger partial charge in [-0.1, -0.05) is 89.7 Å². The fourth-order valence-corrected chi connectivity index (χ4v) is 2.50. The number of carbonyl (C=O) groups excluding carboxylic acids is 1. The second-order valence-corrected chi connectivity index (χ2v) is 5.89. The van der Waals surface area contributed by atoms with Crippen LogP contribution < -0.4 is 0 Å². The quantitative estimate of drug-likeness (QED) is 0.176. The van der Waals surface area contributed by atoms with Gasteiger partial charge < -0.3 is 4.79 Å². The van der Waals surface area contributed by atoms with Gasteiger partial charge in [-0.15, -0.1) is 0 Å². The molecule has 0 heterocycles. The van der Waals surface area contributed by atoms with E-state index in [0.717, 1.165) is 12.7 Å². The summed E-state index contributed by atoms with van der Waals surface area (Å²) in [5.41, 5.74) is 0. The Morgan fingerprint density at radius 1 is 0.550 bits per heavy atom. The van der Waals surface area contributed by atoms with E-state index in [0.29, 0.717) is 6.42 Å². The summed E-state index contributed by atoms with van der Waals surface area (Å²) in [5, 5.41) is 0. The minimum absolute atomic E-state index is 0.676. The normalized spacial score (nSPS) is 11.2. The first kappa shape index (κ1) is 19.4. The van der Waals surface area contributed by atoms with Crippen LogP contribution in [0.15, 0.2) is 12.2 Å². The van der Waals surface area contributed by atoms with E-state index in [-0.39, 0.29) is 0 Å². The van der Waals surface area contributed by atoms with Gasteiger partial charge in [0, 0.05) is 6.42 Å². The van der Waals surface area contributed by atoms with Crippen LogP contribution in [0.2, 0.25) is 0 Å². The van der Waals surface area contributed by atoms with Crippen molar-refractivity contribution in [3.8, 4) is 0 Å². The van der Waals surface area contributed by atoms with Crippen molar-refractivity contribution in [1.82, 2.24) is 0 Å². The van der Waals surface area contributed by atoms with Gasteiger partial charge in [-0.3, -0.25) is 0 Å². The molecule has 0 aliphatic heterocycles. The van der Waals surface area contributed by atoms with Gasteiger partial charge in [-0.05, 0) is 19.3 Å². The van der Waals surface area contributed by atoms with Gasteiger partial charge in [0.05, 0.1) is 0 Å². The number of aldehydes is 1. The van der Waals surface area contributed by atoms with Gasteiger partial charge in [-0.25, -0.2) is 0 Å². The second-order valence-electron chi connectivity index (χ2n) is 5.89. The molecule has 0 aromatic rings. The molecular weight excluding hydrogens is 244 g/mol. The number of rotatable bonds is 16. The maximum atomic E-state index is 10.1. The van der Waals surface area contributed by atoms with Crippen LogP contribution in [0.5, 0.6) is 0 Å². The molecule has 1 heteroatoms. The molecule has 0 N–H and O–H groups in total. The summed E-state index contributed by atoms with van der Waals surface area (Å²) in [6.07, 6.45) is 25.1. The Hall–Kier alpha value is -0.590. The van der Waals surface area contributed by atoms with Crippen LogP contribution >= 0.6 is 0 Å². The lowest BCUT2D eigenvalue weighted by Gasteiger charge is -2.02. The molecule has 0 amide bonds. The van der Waals surface area contributed by atoms with Gasteiger partial charge >= 0.3 is 0 Å². The predicted octanol–water partition coefficient (Wildman–Crippen LogP) is 6.61. The number of hydrogen-bond donors (Lipinski definition) is 0. The molecule has 0 spiro atoms. The van der Waals surface area contributed by atoms with Gasteiger partial charge in [-0.2, -0.15) is 0 Å². The fraction of sp³-hybridized carbons (Fsp3) is 0.842. The molecule has 0 aromatic heterocycles. The molecule has 20 heavy (non-hydrogen) atoms. The van der Waals surface area contributed by atoms with Crippen molar-refractivity contribution in [1.29, 1.82) is 0 Å². The highest BCUT2D eigenvalue weighted by Crippen LogP contribution is 2.12. The SMILES string of the molecule is CCCCCCCCCCCCCC/C=C/CCC=O. The summed E-state index contributed by atoms with van der Waals surface area (Å²) in [7, 11) is 0. The Balaban J connectivity index is 2.99. The lowest BCUT2D eigenvalue weighted by molar-refractivity contribution is -0.107. The first-order chi connectivity index (χ1) is 9.91. The molecule has 0 aliphatic carbocycles. The van der Waals surface area contributed by atoms with Crippen molar-refractivity contribution in [2.75, 3.05) is 0 Å². The van der Waals surface area contributed by atoms with Crippen LogP contribution in [-0.2, 0) is 4.79 Å². The lowest BCUT2D eigenvalue weighted by Crippen LogP contribution is -1.82. The average molecular weight is 280 g/mol.